The summed E-state index contributed by atoms with van der Waals surface area (Å²) < 4.78 is 45.8. The average Bonchev–Trinajstić information content (AvgIpc) is 4.12. The molecule has 3 fully saturated rings. The standard InChI is InChI=1S/C44H56N6O9S/c1-43(2,3)59-42(54)46-35-13-11-9-7-8-10-12-29-25-44(29,41(53)48-60(55,56)33-19-20-33)47-38(51)37-24-32(26-50(37)40(35)52)58-39-34-21-16-30(49(4)5)22-28(34)23-36(45-39)27-14-17-31(57-6)18-15-27/h10,12,14-18,21-23,29,32-33,35,37H,7-9,11,13,19-20,24-26H2,1-6H3,(H,46,54)(H,47,51)(H,48,53)/b12-10-/t29?,32?,35-,37-,44+/m0/s1. The highest BCUT2D eigenvalue weighted by molar-refractivity contribution is 7.91. The number of hydrogen-bond donors (Lipinski definition) is 3. The molecule has 15 nitrogen and oxygen atoms in total. The van der Waals surface area contributed by atoms with Gasteiger partial charge < -0.3 is 34.6 Å². The number of fused-ring (bicyclic) bond motifs is 3. The Morgan fingerprint density at radius 2 is 1.75 bits per heavy atom. The molecule has 4 amide bonds. The third-order valence-electron chi connectivity index (χ3n) is 11.5. The Kier molecular flexibility index (Phi) is 12.1. The van der Waals surface area contributed by atoms with E-state index in [1.165, 1.54) is 4.90 Å². The van der Waals surface area contributed by atoms with Crippen LogP contribution in [0.1, 0.15) is 78.6 Å². The second-order valence-corrected chi connectivity index (χ2v) is 19.5. The van der Waals surface area contributed by atoms with E-state index >= 15 is 0 Å². The van der Waals surface area contributed by atoms with Gasteiger partial charge in [-0.05, 0) is 113 Å². The number of hydrogen-bond acceptors (Lipinski definition) is 11. The molecule has 2 saturated carbocycles. The molecule has 16 heteroatoms. The van der Waals surface area contributed by atoms with Gasteiger partial charge in [-0.2, -0.15) is 0 Å². The molecular formula is C44H56N6O9S. The molecule has 1 aromatic heterocycles. The molecule has 2 unspecified atom stereocenters. The van der Waals surface area contributed by atoms with Crippen LogP contribution in [0.15, 0.2) is 60.7 Å². The second kappa shape index (κ2) is 16.9. The molecule has 5 atom stereocenters. The number of pyridine rings is 1. The number of benzene rings is 2. The molecule has 322 valence electrons. The van der Waals surface area contributed by atoms with Gasteiger partial charge in [-0.3, -0.25) is 19.1 Å². The maximum Gasteiger partial charge on any atom is 0.408 e. The number of ether oxygens (including phenoxy) is 3. The molecule has 0 bridgehead atoms. The summed E-state index contributed by atoms with van der Waals surface area (Å²) in [6.07, 6.45) is 6.63. The van der Waals surface area contributed by atoms with Gasteiger partial charge in [0.25, 0.3) is 5.91 Å². The lowest BCUT2D eigenvalue weighted by atomic mass is 10.0. The van der Waals surface area contributed by atoms with Crippen LogP contribution in [0.5, 0.6) is 11.6 Å². The number of carbonyl (C=O) groups is 4. The molecule has 2 aliphatic carbocycles. The van der Waals surface area contributed by atoms with Crippen molar-refractivity contribution >= 4 is 50.3 Å². The van der Waals surface area contributed by atoms with Gasteiger partial charge in [0.05, 0.1) is 24.6 Å². The molecular weight excluding hydrogens is 789 g/mol. The smallest absolute Gasteiger partial charge is 0.408 e. The van der Waals surface area contributed by atoms with Gasteiger partial charge in [-0.1, -0.05) is 25.0 Å². The molecule has 4 aliphatic rings. The first kappa shape index (κ1) is 42.7. The van der Waals surface area contributed by atoms with E-state index in [0.717, 1.165) is 34.9 Å². The van der Waals surface area contributed by atoms with Crippen LogP contribution in [0.2, 0.25) is 0 Å². The number of amides is 4. The molecule has 2 aromatic carbocycles. The van der Waals surface area contributed by atoms with Crippen LogP contribution >= 0.6 is 0 Å². The second-order valence-electron chi connectivity index (χ2n) is 17.5. The number of sulfonamides is 1. The first-order valence-electron chi connectivity index (χ1n) is 20.7. The Morgan fingerprint density at radius 3 is 2.43 bits per heavy atom. The summed E-state index contributed by atoms with van der Waals surface area (Å²) in [5.41, 5.74) is 0.0881. The SMILES string of the molecule is COc1ccc(-c2cc3cc(N(C)C)ccc3c(OC3C[C@H]4C(=O)N[C@]5(C(=O)NS(=O)(=O)C6CC6)CC5/C=C\CCCCC[C@H](NC(=O)OC(C)(C)C)C(=O)N4C3)n2)cc1. The largest absolute Gasteiger partial charge is 0.497 e. The number of alkyl carbamates (subject to hydrolysis) is 1. The first-order valence-corrected chi connectivity index (χ1v) is 22.3. The summed E-state index contributed by atoms with van der Waals surface area (Å²) in [5.74, 6) is -1.36. The first-order chi connectivity index (χ1) is 28.5. The molecule has 2 aliphatic heterocycles. The summed E-state index contributed by atoms with van der Waals surface area (Å²) in [4.78, 5) is 64.7. The van der Waals surface area contributed by atoms with Crippen LogP contribution < -0.4 is 29.7 Å². The lowest BCUT2D eigenvalue weighted by Crippen LogP contribution is -2.58. The maximum absolute atomic E-state index is 14.7. The number of methoxy groups -OCH3 is 1. The summed E-state index contributed by atoms with van der Waals surface area (Å²) in [5, 5.41) is 6.63. The number of nitrogens with zero attached hydrogens (tertiary/aromatic N) is 3. The average molecular weight is 845 g/mol. The molecule has 3 N–H and O–H groups in total. The van der Waals surface area contributed by atoms with Gasteiger partial charge in [0.15, 0.2) is 0 Å². The van der Waals surface area contributed by atoms with E-state index < -0.39 is 74.3 Å². The Bertz CT molecular complexity index is 2270. The van der Waals surface area contributed by atoms with Crippen molar-refractivity contribution in [2.75, 3.05) is 32.6 Å². The van der Waals surface area contributed by atoms with Crippen molar-refractivity contribution in [3.63, 3.8) is 0 Å². The van der Waals surface area contributed by atoms with E-state index in [0.29, 0.717) is 49.4 Å². The van der Waals surface area contributed by atoms with Gasteiger partial charge in [0, 0.05) is 43.1 Å². The summed E-state index contributed by atoms with van der Waals surface area (Å²) in [6.45, 7) is 5.17. The molecule has 3 heterocycles. The quantitative estimate of drug-likeness (QED) is 0.240. The number of nitrogens with one attached hydrogen (secondary N) is 3. The molecule has 0 radical (unpaired) electrons. The van der Waals surface area contributed by atoms with Crippen molar-refractivity contribution in [1.29, 1.82) is 0 Å². The predicted molar refractivity (Wildman–Crippen MR) is 227 cm³/mol. The molecule has 3 aromatic rings. The number of anilines is 1. The fraction of sp³-hybridized carbons (Fsp3) is 0.523. The van der Waals surface area contributed by atoms with Crippen molar-refractivity contribution in [1.82, 2.24) is 25.2 Å². The molecule has 1 saturated heterocycles. The highest BCUT2D eigenvalue weighted by Crippen LogP contribution is 2.46. The van der Waals surface area contributed by atoms with Crippen molar-refractivity contribution < 1.29 is 41.8 Å². The van der Waals surface area contributed by atoms with Gasteiger partial charge in [-0.25, -0.2) is 18.2 Å². The Morgan fingerprint density at radius 1 is 1.00 bits per heavy atom. The van der Waals surface area contributed by atoms with Crippen LogP contribution in [-0.4, -0.2) is 104 Å². The Balaban J connectivity index is 1.24. The monoisotopic (exact) mass is 844 g/mol. The number of allylic oxidation sites excluding steroid dienone is 1. The van der Waals surface area contributed by atoms with Crippen LogP contribution in [-0.2, 0) is 29.1 Å². The molecule has 60 heavy (non-hydrogen) atoms. The molecule has 7 rings (SSSR count). The van der Waals surface area contributed by atoms with Crippen molar-refractivity contribution in [2.24, 2.45) is 5.92 Å². The molecule has 0 spiro atoms. The third-order valence-corrected chi connectivity index (χ3v) is 13.3. The van der Waals surface area contributed by atoms with E-state index in [1.54, 1.807) is 27.9 Å². The third kappa shape index (κ3) is 9.64. The normalized spacial score (nSPS) is 25.4. The highest BCUT2D eigenvalue weighted by atomic mass is 32.2. The fourth-order valence-electron chi connectivity index (χ4n) is 7.95. The Hall–Kier alpha value is -5.38. The van der Waals surface area contributed by atoms with Crippen LogP contribution in [0, 0.1) is 5.92 Å². The minimum Gasteiger partial charge on any atom is -0.497 e. The zero-order valence-electron chi connectivity index (χ0n) is 35.2. The minimum atomic E-state index is -3.91. The Labute approximate surface area is 351 Å². The van der Waals surface area contributed by atoms with E-state index in [2.05, 4.69) is 15.4 Å². The number of rotatable bonds is 9. The lowest BCUT2D eigenvalue weighted by Gasteiger charge is -2.30. The summed E-state index contributed by atoms with van der Waals surface area (Å²) in [7, 11) is 1.60. The van der Waals surface area contributed by atoms with Crippen LogP contribution in [0.3, 0.4) is 0 Å². The van der Waals surface area contributed by atoms with Crippen molar-refractivity contribution in [3.8, 4) is 22.9 Å². The van der Waals surface area contributed by atoms with E-state index in [-0.39, 0.29) is 19.4 Å². The van der Waals surface area contributed by atoms with Gasteiger partial charge in [0.2, 0.25) is 27.7 Å². The van der Waals surface area contributed by atoms with Gasteiger partial charge in [-0.15, -0.1) is 0 Å². The van der Waals surface area contributed by atoms with Crippen molar-refractivity contribution in [3.05, 3.63) is 60.7 Å². The van der Waals surface area contributed by atoms with Crippen LogP contribution in [0.25, 0.3) is 22.0 Å². The van der Waals surface area contributed by atoms with E-state index in [1.807, 2.05) is 79.7 Å². The fourth-order valence-corrected chi connectivity index (χ4v) is 9.31. The van der Waals surface area contributed by atoms with Crippen LogP contribution in [0.4, 0.5) is 10.5 Å². The van der Waals surface area contributed by atoms with E-state index in [4.69, 9.17) is 19.2 Å². The zero-order chi connectivity index (χ0) is 43.0. The van der Waals surface area contributed by atoms with Crippen molar-refractivity contribution in [2.45, 2.75) is 113 Å². The highest BCUT2D eigenvalue weighted by Gasteiger charge is 2.62. The topological polar surface area (TPSA) is 186 Å². The summed E-state index contributed by atoms with van der Waals surface area (Å²) >= 11 is 0. The van der Waals surface area contributed by atoms with Gasteiger partial charge in [0.1, 0.15) is 35.1 Å². The zero-order valence-corrected chi connectivity index (χ0v) is 36.0. The van der Waals surface area contributed by atoms with E-state index in [9.17, 15) is 27.6 Å². The van der Waals surface area contributed by atoms with Gasteiger partial charge >= 0.3 is 6.09 Å². The lowest BCUT2D eigenvalue weighted by molar-refractivity contribution is -0.141. The number of carbonyl (C=O) groups excluding carboxylic acids is 4. The number of aromatic nitrogens is 1. The minimum absolute atomic E-state index is 0.0288. The maximum atomic E-state index is 14.7. The predicted octanol–water partition coefficient (Wildman–Crippen LogP) is 5.22. The summed E-state index contributed by atoms with van der Waals surface area (Å²) in [6, 6.07) is 13.2.